The fourth-order valence-electron chi connectivity index (χ4n) is 8.94. The molecule has 212 valence electrons. The van der Waals surface area contributed by atoms with E-state index >= 15 is 0 Å². The predicted octanol–water partition coefficient (Wildman–Crippen LogP) is 12.1. The fourth-order valence-corrected chi connectivity index (χ4v) is 10.1. The lowest BCUT2D eigenvalue weighted by Gasteiger charge is -2.33. The molecule has 0 radical (unpaired) electrons. The molecule has 0 saturated carbocycles. The first-order valence-corrected chi connectivity index (χ1v) is 16.8. The Morgan fingerprint density at radius 1 is 0.348 bits per heavy atom. The van der Waals surface area contributed by atoms with Crippen molar-refractivity contribution in [3.05, 3.63) is 180 Å². The van der Waals surface area contributed by atoms with Crippen LogP contribution in [0.5, 0.6) is 0 Å². The molecule has 11 rings (SSSR count). The largest absolute Gasteiger partial charge is 0.0888 e. The molecule has 0 saturated heterocycles. The molecular weight excluding hydrogens is 573 g/mol. The molecule has 2 aliphatic carbocycles. The van der Waals surface area contributed by atoms with E-state index in [4.69, 9.17) is 0 Å². The molecule has 1 heteroatoms. The van der Waals surface area contributed by atoms with E-state index < -0.39 is 5.41 Å². The lowest BCUT2D eigenvalue weighted by Crippen LogP contribution is -2.26. The van der Waals surface area contributed by atoms with Crippen molar-refractivity contribution in [3.63, 3.8) is 0 Å². The van der Waals surface area contributed by atoms with Crippen LogP contribution >= 0.6 is 11.8 Å². The van der Waals surface area contributed by atoms with E-state index in [1.165, 1.54) is 98.1 Å². The SMILES string of the molecule is c1ccc2c(c1)-c1cc3ccccc3cc1C21c2ccccc2-c2cccc(-c3cccc4c3-c3cccc5cccc(c35)S4)c21. The van der Waals surface area contributed by atoms with Gasteiger partial charge in [0.25, 0.3) is 0 Å². The van der Waals surface area contributed by atoms with Crippen molar-refractivity contribution in [1.29, 1.82) is 0 Å². The summed E-state index contributed by atoms with van der Waals surface area (Å²) in [7, 11) is 0. The minimum atomic E-state index is -0.424. The highest BCUT2D eigenvalue weighted by Crippen LogP contribution is 2.65. The fraction of sp³-hybridized carbons (Fsp3) is 0.0222. The molecule has 0 N–H and O–H groups in total. The lowest BCUT2D eigenvalue weighted by molar-refractivity contribution is 0.797. The third-order valence-corrected chi connectivity index (χ3v) is 11.8. The van der Waals surface area contributed by atoms with Crippen LogP contribution in [0.25, 0.3) is 66.1 Å². The van der Waals surface area contributed by atoms with Crippen LogP contribution in [0.2, 0.25) is 0 Å². The van der Waals surface area contributed by atoms with Crippen LogP contribution in [0.3, 0.4) is 0 Å². The van der Waals surface area contributed by atoms with E-state index in [1.807, 2.05) is 11.8 Å². The van der Waals surface area contributed by atoms with Gasteiger partial charge in [0.2, 0.25) is 0 Å². The highest BCUT2D eigenvalue weighted by atomic mass is 32.2. The molecule has 1 heterocycles. The van der Waals surface area contributed by atoms with Crippen LogP contribution in [0.15, 0.2) is 168 Å². The van der Waals surface area contributed by atoms with Crippen molar-refractivity contribution in [2.24, 2.45) is 0 Å². The van der Waals surface area contributed by atoms with Crippen molar-refractivity contribution < 1.29 is 0 Å². The quantitative estimate of drug-likeness (QED) is 0.181. The molecule has 1 spiro atoms. The Balaban J connectivity index is 1.30. The van der Waals surface area contributed by atoms with Gasteiger partial charge in [-0.1, -0.05) is 145 Å². The minimum absolute atomic E-state index is 0.424. The molecule has 0 fully saturated rings. The maximum Gasteiger partial charge on any atom is 0.0731 e. The normalized spacial score (nSPS) is 16.3. The van der Waals surface area contributed by atoms with Gasteiger partial charge in [0, 0.05) is 20.7 Å². The second-order valence-corrected chi connectivity index (χ2v) is 13.8. The number of rotatable bonds is 1. The molecule has 8 aromatic carbocycles. The van der Waals surface area contributed by atoms with E-state index in [9.17, 15) is 0 Å². The maximum absolute atomic E-state index is 2.49. The third-order valence-electron chi connectivity index (χ3n) is 10.6. The average molecular weight is 599 g/mol. The van der Waals surface area contributed by atoms with E-state index in [1.54, 1.807) is 0 Å². The Bertz CT molecular complexity index is 2620. The van der Waals surface area contributed by atoms with E-state index in [-0.39, 0.29) is 0 Å². The summed E-state index contributed by atoms with van der Waals surface area (Å²) in [6.45, 7) is 0. The third kappa shape index (κ3) is 2.97. The Hall–Kier alpha value is -5.37. The average Bonchev–Trinajstić information content (AvgIpc) is 3.57. The van der Waals surface area contributed by atoms with Gasteiger partial charge < -0.3 is 0 Å². The van der Waals surface area contributed by atoms with Crippen LogP contribution in [0.4, 0.5) is 0 Å². The first-order chi connectivity index (χ1) is 22.8. The first kappa shape index (κ1) is 24.9. The van der Waals surface area contributed by atoms with Gasteiger partial charge in [-0.2, -0.15) is 0 Å². The zero-order chi connectivity index (χ0) is 30.0. The Morgan fingerprint density at radius 3 is 1.67 bits per heavy atom. The van der Waals surface area contributed by atoms with Crippen molar-refractivity contribution in [1.82, 2.24) is 0 Å². The second-order valence-electron chi connectivity index (χ2n) is 12.8. The summed E-state index contributed by atoms with van der Waals surface area (Å²) in [6, 6.07) is 59.5. The zero-order valence-electron chi connectivity index (χ0n) is 24.9. The first-order valence-electron chi connectivity index (χ1n) is 16.0. The summed E-state index contributed by atoms with van der Waals surface area (Å²) < 4.78 is 0. The molecule has 0 aromatic heterocycles. The summed E-state index contributed by atoms with van der Waals surface area (Å²) >= 11 is 1.91. The van der Waals surface area contributed by atoms with Gasteiger partial charge in [0.1, 0.15) is 0 Å². The maximum atomic E-state index is 2.49. The number of benzene rings is 8. The molecule has 1 aliphatic heterocycles. The second kappa shape index (κ2) is 8.88. The Labute approximate surface area is 272 Å². The van der Waals surface area contributed by atoms with Crippen molar-refractivity contribution in [3.8, 4) is 44.5 Å². The Kier molecular flexibility index (Phi) is 4.80. The van der Waals surface area contributed by atoms with Crippen LogP contribution < -0.4 is 0 Å². The molecule has 8 aromatic rings. The molecule has 46 heavy (non-hydrogen) atoms. The minimum Gasteiger partial charge on any atom is -0.0888 e. The van der Waals surface area contributed by atoms with E-state index in [2.05, 4.69) is 158 Å². The van der Waals surface area contributed by atoms with Crippen LogP contribution in [-0.4, -0.2) is 0 Å². The van der Waals surface area contributed by atoms with Gasteiger partial charge in [0.15, 0.2) is 0 Å². The highest BCUT2D eigenvalue weighted by Gasteiger charge is 2.53. The molecule has 3 aliphatic rings. The van der Waals surface area contributed by atoms with Crippen LogP contribution in [0, 0.1) is 0 Å². The molecule has 1 atom stereocenters. The number of fused-ring (bicyclic) bond motifs is 13. The van der Waals surface area contributed by atoms with Gasteiger partial charge in [-0.15, -0.1) is 0 Å². The highest BCUT2D eigenvalue weighted by molar-refractivity contribution is 7.99. The monoisotopic (exact) mass is 598 g/mol. The number of hydrogen-bond donors (Lipinski definition) is 0. The van der Waals surface area contributed by atoms with Crippen molar-refractivity contribution in [2.45, 2.75) is 15.2 Å². The Morgan fingerprint density at radius 2 is 0.870 bits per heavy atom. The molecule has 0 nitrogen and oxygen atoms in total. The van der Waals surface area contributed by atoms with Gasteiger partial charge >= 0.3 is 0 Å². The van der Waals surface area contributed by atoms with Crippen molar-refractivity contribution in [2.75, 3.05) is 0 Å². The van der Waals surface area contributed by atoms with Gasteiger partial charge in [-0.05, 0) is 102 Å². The van der Waals surface area contributed by atoms with Gasteiger partial charge in [-0.25, -0.2) is 0 Å². The molecule has 0 bridgehead atoms. The predicted molar refractivity (Wildman–Crippen MR) is 193 cm³/mol. The summed E-state index contributed by atoms with van der Waals surface area (Å²) in [4.78, 5) is 2.66. The van der Waals surface area contributed by atoms with Crippen LogP contribution in [0.1, 0.15) is 22.3 Å². The summed E-state index contributed by atoms with van der Waals surface area (Å²) in [5, 5.41) is 5.24. The molecule has 0 amide bonds. The van der Waals surface area contributed by atoms with E-state index in [0.29, 0.717) is 0 Å². The summed E-state index contributed by atoms with van der Waals surface area (Å²) in [5.74, 6) is 0. The van der Waals surface area contributed by atoms with E-state index in [0.717, 1.165) is 0 Å². The number of hydrogen-bond acceptors (Lipinski definition) is 1. The standard InChI is InChI=1S/C45H26S/c1-2-12-29-26-39-36(25-28(29)11-1)31-16-4-6-22-38(31)45(39)37-21-5-3-15-30(37)33-18-9-19-34(44(33)45)32-17-10-24-41-43(32)35-20-7-13-27-14-8-23-40(46-41)42(27)35/h1-26H. The van der Waals surface area contributed by atoms with Crippen molar-refractivity contribution >= 4 is 33.3 Å². The van der Waals surface area contributed by atoms with Gasteiger partial charge in [0.05, 0.1) is 5.41 Å². The van der Waals surface area contributed by atoms with Crippen LogP contribution in [-0.2, 0) is 5.41 Å². The molecular formula is C45H26S. The topological polar surface area (TPSA) is 0 Å². The summed E-state index contributed by atoms with van der Waals surface area (Å²) in [6.07, 6.45) is 0. The smallest absolute Gasteiger partial charge is 0.0731 e. The zero-order valence-corrected chi connectivity index (χ0v) is 25.7. The lowest BCUT2D eigenvalue weighted by atomic mass is 9.68. The molecule has 1 unspecified atom stereocenters. The van der Waals surface area contributed by atoms with Gasteiger partial charge in [-0.3, -0.25) is 0 Å². The summed E-state index contributed by atoms with van der Waals surface area (Å²) in [5.41, 5.74) is 15.8.